The van der Waals surface area contributed by atoms with E-state index in [0.717, 1.165) is 37.6 Å². The number of nitrogens with zero attached hydrogens (tertiary/aromatic N) is 2. The van der Waals surface area contributed by atoms with E-state index in [4.69, 9.17) is 4.74 Å². The van der Waals surface area contributed by atoms with E-state index < -0.39 is 0 Å². The molecule has 1 aliphatic rings. The number of hydrogen-bond donors (Lipinski definition) is 2. The topological polar surface area (TPSA) is 57.6 Å². The quantitative estimate of drug-likeness (QED) is 0.817. The molecule has 18 heavy (non-hydrogen) atoms. The number of morpholine rings is 1. The molecule has 0 bridgehead atoms. The fraction of sp³-hybridized carbons (Fsp3) is 0.615. The van der Waals surface area contributed by atoms with Crippen LogP contribution < -0.4 is 5.32 Å². The molecule has 5 nitrogen and oxygen atoms in total. The van der Waals surface area contributed by atoms with Crippen LogP contribution in [-0.2, 0) is 11.3 Å². The van der Waals surface area contributed by atoms with Crippen LogP contribution in [0.2, 0.25) is 0 Å². The van der Waals surface area contributed by atoms with E-state index in [9.17, 15) is 5.11 Å². The highest BCUT2D eigenvalue weighted by molar-refractivity contribution is 5.27. The summed E-state index contributed by atoms with van der Waals surface area (Å²) in [4.78, 5) is 6.48. The van der Waals surface area contributed by atoms with E-state index >= 15 is 0 Å². The summed E-state index contributed by atoms with van der Waals surface area (Å²) in [7, 11) is 2.02. The number of rotatable bonds is 4. The number of pyridine rings is 1. The Bertz CT molecular complexity index is 392. The van der Waals surface area contributed by atoms with Gasteiger partial charge in [-0.05, 0) is 26.1 Å². The van der Waals surface area contributed by atoms with Gasteiger partial charge in [0.05, 0.1) is 18.4 Å². The summed E-state index contributed by atoms with van der Waals surface area (Å²) in [5, 5.41) is 13.1. The summed E-state index contributed by atoms with van der Waals surface area (Å²) in [6.07, 6.45) is 0.218. The molecule has 1 unspecified atom stereocenters. The van der Waals surface area contributed by atoms with Crippen LogP contribution in [0.1, 0.15) is 11.4 Å². The van der Waals surface area contributed by atoms with E-state index in [0.29, 0.717) is 6.54 Å². The lowest BCUT2D eigenvalue weighted by Crippen LogP contribution is -2.44. The standard InChI is InChI=1S/C13H21N3O2/c1-10-3-4-13(17)12(15-10)9-16(2)8-11-7-14-5-6-18-11/h3-4,11,14,17H,5-9H2,1-2H3. The van der Waals surface area contributed by atoms with Gasteiger partial charge in [0.1, 0.15) is 5.75 Å². The monoisotopic (exact) mass is 251 g/mol. The van der Waals surface area contributed by atoms with Gasteiger partial charge >= 0.3 is 0 Å². The summed E-state index contributed by atoms with van der Waals surface area (Å²) < 4.78 is 5.65. The number of hydrogen-bond acceptors (Lipinski definition) is 5. The number of ether oxygens (including phenoxy) is 1. The van der Waals surface area contributed by atoms with Crippen molar-refractivity contribution in [3.8, 4) is 5.75 Å². The van der Waals surface area contributed by atoms with Crippen LogP contribution in [0.4, 0.5) is 0 Å². The zero-order valence-electron chi connectivity index (χ0n) is 11.0. The normalized spacial score (nSPS) is 20.3. The van der Waals surface area contributed by atoms with Gasteiger partial charge in [0, 0.05) is 31.9 Å². The smallest absolute Gasteiger partial charge is 0.138 e. The van der Waals surface area contributed by atoms with Crippen molar-refractivity contribution in [1.29, 1.82) is 0 Å². The Balaban J connectivity index is 1.89. The van der Waals surface area contributed by atoms with Crippen molar-refractivity contribution >= 4 is 0 Å². The van der Waals surface area contributed by atoms with Crippen molar-refractivity contribution in [1.82, 2.24) is 15.2 Å². The molecular weight excluding hydrogens is 230 g/mol. The number of nitrogens with one attached hydrogen (secondary N) is 1. The van der Waals surface area contributed by atoms with Crippen molar-refractivity contribution in [3.05, 3.63) is 23.5 Å². The lowest BCUT2D eigenvalue weighted by molar-refractivity contribution is 0.00857. The van der Waals surface area contributed by atoms with Crippen LogP contribution in [-0.4, -0.2) is 54.4 Å². The maximum Gasteiger partial charge on any atom is 0.138 e. The van der Waals surface area contributed by atoms with Crippen molar-refractivity contribution in [3.63, 3.8) is 0 Å². The van der Waals surface area contributed by atoms with Gasteiger partial charge in [0.25, 0.3) is 0 Å². The third-order valence-corrected chi connectivity index (χ3v) is 3.03. The number of aromatic hydroxyl groups is 1. The van der Waals surface area contributed by atoms with Crippen LogP contribution in [0.15, 0.2) is 12.1 Å². The number of aromatic nitrogens is 1. The SMILES string of the molecule is Cc1ccc(O)c(CN(C)CC2CNCCO2)n1. The minimum Gasteiger partial charge on any atom is -0.506 e. The molecule has 0 amide bonds. The zero-order chi connectivity index (χ0) is 13.0. The molecule has 2 N–H and O–H groups in total. The molecule has 100 valence electrons. The molecule has 1 aromatic rings. The summed E-state index contributed by atoms with van der Waals surface area (Å²) in [6, 6.07) is 3.51. The molecule has 0 radical (unpaired) electrons. The first-order chi connectivity index (χ1) is 8.65. The van der Waals surface area contributed by atoms with Crippen molar-refractivity contribution < 1.29 is 9.84 Å². The second-order valence-corrected chi connectivity index (χ2v) is 4.81. The fourth-order valence-corrected chi connectivity index (χ4v) is 2.12. The van der Waals surface area contributed by atoms with Gasteiger partial charge in [-0.3, -0.25) is 9.88 Å². The van der Waals surface area contributed by atoms with Crippen molar-refractivity contribution in [2.45, 2.75) is 19.6 Å². The largest absolute Gasteiger partial charge is 0.506 e. The lowest BCUT2D eigenvalue weighted by atomic mass is 10.2. The average molecular weight is 251 g/mol. The second-order valence-electron chi connectivity index (χ2n) is 4.81. The molecular formula is C13H21N3O2. The Hall–Kier alpha value is -1.17. The minimum absolute atomic E-state index is 0.218. The summed E-state index contributed by atoms with van der Waals surface area (Å²) in [5.74, 6) is 0.259. The van der Waals surface area contributed by atoms with E-state index in [1.54, 1.807) is 6.07 Å². The number of aryl methyl sites for hydroxylation is 1. The Morgan fingerprint density at radius 1 is 1.56 bits per heavy atom. The van der Waals surface area contributed by atoms with Crippen molar-refractivity contribution in [2.24, 2.45) is 0 Å². The zero-order valence-corrected chi connectivity index (χ0v) is 11.0. The maximum atomic E-state index is 9.76. The highest BCUT2D eigenvalue weighted by Crippen LogP contribution is 2.16. The van der Waals surface area contributed by atoms with Gasteiger partial charge in [-0.15, -0.1) is 0 Å². The van der Waals surface area contributed by atoms with Crippen LogP contribution in [0.3, 0.4) is 0 Å². The van der Waals surface area contributed by atoms with E-state index in [1.807, 2.05) is 20.0 Å². The molecule has 1 fully saturated rings. The minimum atomic E-state index is 0.218. The third kappa shape index (κ3) is 3.66. The molecule has 0 saturated carbocycles. The van der Waals surface area contributed by atoms with E-state index in [2.05, 4.69) is 15.2 Å². The predicted molar refractivity (Wildman–Crippen MR) is 69.6 cm³/mol. The Morgan fingerprint density at radius 3 is 3.11 bits per heavy atom. The predicted octanol–water partition coefficient (Wildman–Crippen LogP) is 0.516. The maximum absolute atomic E-state index is 9.76. The first kappa shape index (κ1) is 13.3. The second kappa shape index (κ2) is 6.13. The van der Waals surface area contributed by atoms with Crippen molar-refractivity contribution in [2.75, 3.05) is 33.3 Å². The Labute approximate surface area is 108 Å². The number of likely N-dealkylation sites (N-methyl/N-ethyl adjacent to an activating group) is 1. The molecule has 0 spiro atoms. The molecule has 1 atom stereocenters. The Kier molecular flexibility index (Phi) is 4.52. The van der Waals surface area contributed by atoms with Gasteiger partial charge in [-0.25, -0.2) is 0 Å². The van der Waals surface area contributed by atoms with Crippen LogP contribution in [0.5, 0.6) is 5.75 Å². The molecule has 2 rings (SSSR count). The van der Waals surface area contributed by atoms with Gasteiger partial charge in [0.15, 0.2) is 0 Å². The molecule has 5 heteroatoms. The summed E-state index contributed by atoms with van der Waals surface area (Å²) in [6.45, 7) is 5.98. The molecule has 1 saturated heterocycles. The average Bonchev–Trinajstić information content (AvgIpc) is 2.35. The van der Waals surface area contributed by atoms with Crippen LogP contribution in [0, 0.1) is 6.92 Å². The van der Waals surface area contributed by atoms with E-state index in [-0.39, 0.29) is 11.9 Å². The Morgan fingerprint density at radius 2 is 2.39 bits per heavy atom. The third-order valence-electron chi connectivity index (χ3n) is 3.03. The lowest BCUT2D eigenvalue weighted by Gasteiger charge is -2.27. The van der Waals surface area contributed by atoms with Crippen LogP contribution >= 0.6 is 0 Å². The first-order valence-corrected chi connectivity index (χ1v) is 6.31. The van der Waals surface area contributed by atoms with Crippen LogP contribution in [0.25, 0.3) is 0 Å². The first-order valence-electron chi connectivity index (χ1n) is 6.31. The van der Waals surface area contributed by atoms with Gasteiger partial charge in [0.2, 0.25) is 0 Å². The summed E-state index contributed by atoms with van der Waals surface area (Å²) in [5.41, 5.74) is 1.65. The highest BCUT2D eigenvalue weighted by Gasteiger charge is 2.16. The van der Waals surface area contributed by atoms with E-state index in [1.165, 1.54) is 0 Å². The highest BCUT2D eigenvalue weighted by atomic mass is 16.5. The molecule has 0 aromatic carbocycles. The van der Waals surface area contributed by atoms with Gasteiger partial charge in [-0.2, -0.15) is 0 Å². The van der Waals surface area contributed by atoms with Gasteiger partial charge in [-0.1, -0.05) is 0 Å². The molecule has 2 heterocycles. The summed E-state index contributed by atoms with van der Waals surface area (Å²) >= 11 is 0. The molecule has 1 aliphatic heterocycles. The molecule has 1 aromatic heterocycles. The molecule has 0 aliphatic carbocycles. The fourth-order valence-electron chi connectivity index (χ4n) is 2.12. The van der Waals surface area contributed by atoms with Gasteiger partial charge < -0.3 is 15.2 Å².